The first-order chi connectivity index (χ1) is 11.6. The van der Waals surface area contributed by atoms with Crippen molar-refractivity contribution in [2.24, 2.45) is 4.99 Å². The van der Waals surface area contributed by atoms with Gasteiger partial charge in [-0.05, 0) is 34.4 Å². The predicted octanol–water partition coefficient (Wildman–Crippen LogP) is 3.35. The van der Waals surface area contributed by atoms with Gasteiger partial charge in [0.05, 0.1) is 18.4 Å². The Hall–Kier alpha value is -2.19. The van der Waals surface area contributed by atoms with Crippen LogP contribution in [0.1, 0.15) is 22.3 Å². The summed E-state index contributed by atoms with van der Waals surface area (Å²) in [6, 6.07) is 9.00. The molecule has 0 aromatic heterocycles. The van der Waals surface area contributed by atoms with Crippen molar-refractivity contribution < 1.29 is 21.6 Å². The summed E-state index contributed by atoms with van der Waals surface area (Å²) in [6.07, 6.45) is -1.78. The van der Waals surface area contributed by atoms with E-state index in [4.69, 9.17) is 0 Å². The smallest absolute Gasteiger partial charge is 0.288 e. The summed E-state index contributed by atoms with van der Waals surface area (Å²) in [5.74, 6) is 0. The molecule has 0 bridgehead atoms. The molecule has 0 amide bonds. The highest BCUT2D eigenvalue weighted by Gasteiger charge is 2.32. The van der Waals surface area contributed by atoms with Gasteiger partial charge in [-0.2, -0.15) is 13.2 Å². The van der Waals surface area contributed by atoms with Gasteiger partial charge in [-0.25, -0.2) is 13.1 Å². The summed E-state index contributed by atoms with van der Waals surface area (Å²) in [6.45, 7) is 0.365. The van der Waals surface area contributed by atoms with Crippen LogP contribution in [0.25, 0.3) is 11.1 Å². The molecule has 0 unspecified atom stereocenters. The molecule has 1 aliphatic heterocycles. The van der Waals surface area contributed by atoms with E-state index >= 15 is 0 Å². The molecule has 1 heterocycles. The van der Waals surface area contributed by atoms with E-state index in [0.29, 0.717) is 27.8 Å². The van der Waals surface area contributed by atoms with Crippen LogP contribution in [0.5, 0.6) is 0 Å². The minimum absolute atomic E-state index is 0.126. The molecule has 1 N–H and O–H groups in total. The number of halogens is 3. The number of rotatable bonds is 4. The lowest BCUT2D eigenvalue weighted by atomic mass is 9.93. The highest BCUT2D eigenvalue weighted by Crippen LogP contribution is 2.37. The Morgan fingerprint density at radius 2 is 1.84 bits per heavy atom. The standard InChI is InChI=1S/C17H15F3N2O2S/c1-25(23,24)22-8-11-2-4-12(5-3-11)15-7-14(17(18,19)20)6-13-9-21-10-16(13)15/h2-7,10,22H,8-9H2,1H3. The van der Waals surface area contributed by atoms with Crippen molar-refractivity contribution in [3.05, 3.63) is 58.7 Å². The first-order valence-electron chi connectivity index (χ1n) is 7.41. The molecular weight excluding hydrogens is 353 g/mol. The van der Waals surface area contributed by atoms with Crippen molar-refractivity contribution in [3.8, 4) is 11.1 Å². The fourth-order valence-corrected chi connectivity index (χ4v) is 3.08. The van der Waals surface area contributed by atoms with Gasteiger partial charge >= 0.3 is 6.18 Å². The van der Waals surface area contributed by atoms with E-state index in [1.165, 1.54) is 0 Å². The molecule has 25 heavy (non-hydrogen) atoms. The third-order valence-electron chi connectivity index (χ3n) is 3.88. The number of alkyl halides is 3. The quantitative estimate of drug-likeness (QED) is 0.900. The lowest BCUT2D eigenvalue weighted by Gasteiger charge is -2.14. The van der Waals surface area contributed by atoms with Crippen LogP contribution in [0.4, 0.5) is 13.2 Å². The van der Waals surface area contributed by atoms with E-state index in [1.54, 1.807) is 30.5 Å². The van der Waals surface area contributed by atoms with Crippen LogP contribution in [0.3, 0.4) is 0 Å². The number of nitrogens with one attached hydrogen (secondary N) is 1. The summed E-state index contributed by atoms with van der Waals surface area (Å²) < 4.78 is 64.0. The maximum absolute atomic E-state index is 13.1. The second-order valence-electron chi connectivity index (χ2n) is 5.85. The summed E-state index contributed by atoms with van der Waals surface area (Å²) in [5.41, 5.74) is 2.34. The van der Waals surface area contributed by atoms with Gasteiger partial charge in [-0.15, -0.1) is 0 Å². The van der Waals surface area contributed by atoms with Crippen LogP contribution in [0.15, 0.2) is 41.4 Å². The van der Waals surface area contributed by atoms with Gasteiger partial charge in [-0.1, -0.05) is 24.3 Å². The third-order valence-corrected chi connectivity index (χ3v) is 4.55. The van der Waals surface area contributed by atoms with Gasteiger partial charge in [0.2, 0.25) is 10.0 Å². The molecule has 1 aliphatic rings. The van der Waals surface area contributed by atoms with Crippen LogP contribution >= 0.6 is 0 Å². The van der Waals surface area contributed by atoms with E-state index in [2.05, 4.69) is 9.71 Å². The first kappa shape index (κ1) is 17.6. The summed E-state index contributed by atoms with van der Waals surface area (Å²) in [4.78, 5) is 4.07. The molecule has 0 spiro atoms. The number of fused-ring (bicyclic) bond motifs is 1. The highest BCUT2D eigenvalue weighted by atomic mass is 32.2. The van der Waals surface area contributed by atoms with Gasteiger partial charge in [0.25, 0.3) is 0 Å². The molecule has 8 heteroatoms. The number of hydrogen-bond acceptors (Lipinski definition) is 3. The third kappa shape index (κ3) is 4.08. The Kier molecular flexibility index (Phi) is 4.42. The molecule has 3 rings (SSSR count). The highest BCUT2D eigenvalue weighted by molar-refractivity contribution is 7.88. The summed E-state index contributed by atoms with van der Waals surface area (Å²) in [5, 5.41) is 0. The van der Waals surface area contributed by atoms with Gasteiger partial charge in [0.1, 0.15) is 0 Å². The molecule has 0 saturated heterocycles. The second-order valence-corrected chi connectivity index (χ2v) is 7.69. The van der Waals surface area contributed by atoms with Crippen molar-refractivity contribution >= 4 is 16.2 Å². The average molecular weight is 368 g/mol. The molecule has 0 fully saturated rings. The number of benzene rings is 2. The van der Waals surface area contributed by atoms with Gasteiger partial charge < -0.3 is 0 Å². The monoisotopic (exact) mass is 368 g/mol. The van der Waals surface area contributed by atoms with E-state index in [0.717, 1.165) is 18.4 Å². The zero-order chi connectivity index (χ0) is 18.2. The number of nitrogens with zero attached hydrogens (tertiary/aromatic N) is 1. The Morgan fingerprint density at radius 3 is 2.44 bits per heavy atom. The minimum Gasteiger partial charge on any atom is -0.288 e. The van der Waals surface area contributed by atoms with Gasteiger partial charge in [-0.3, -0.25) is 4.99 Å². The normalized spacial score (nSPS) is 13.9. The molecular formula is C17H15F3N2O2S. The second kappa shape index (κ2) is 6.27. The molecule has 0 radical (unpaired) electrons. The summed E-state index contributed by atoms with van der Waals surface area (Å²) in [7, 11) is -3.31. The van der Waals surface area contributed by atoms with E-state index in [1.807, 2.05) is 0 Å². The van der Waals surface area contributed by atoms with Crippen molar-refractivity contribution in [1.29, 1.82) is 0 Å². The van der Waals surface area contributed by atoms with Crippen LogP contribution < -0.4 is 4.72 Å². The largest absolute Gasteiger partial charge is 0.416 e. The van der Waals surface area contributed by atoms with E-state index in [-0.39, 0.29) is 13.1 Å². The van der Waals surface area contributed by atoms with Crippen LogP contribution in [-0.4, -0.2) is 20.9 Å². The maximum atomic E-state index is 13.1. The Morgan fingerprint density at radius 1 is 1.16 bits per heavy atom. The van der Waals surface area contributed by atoms with E-state index < -0.39 is 21.8 Å². The topological polar surface area (TPSA) is 58.5 Å². The van der Waals surface area contributed by atoms with Crippen LogP contribution in [-0.2, 0) is 29.3 Å². The molecule has 2 aromatic carbocycles. The zero-order valence-electron chi connectivity index (χ0n) is 13.3. The van der Waals surface area contributed by atoms with Crippen molar-refractivity contribution in [1.82, 2.24) is 4.72 Å². The fourth-order valence-electron chi connectivity index (χ4n) is 2.65. The molecule has 132 valence electrons. The molecule has 0 saturated carbocycles. The molecule has 4 nitrogen and oxygen atoms in total. The maximum Gasteiger partial charge on any atom is 0.416 e. The molecule has 0 aliphatic carbocycles. The number of hydrogen-bond donors (Lipinski definition) is 1. The predicted molar refractivity (Wildman–Crippen MR) is 89.9 cm³/mol. The lowest BCUT2D eigenvalue weighted by Crippen LogP contribution is -2.21. The SMILES string of the molecule is CS(=O)(=O)NCc1ccc(-c2cc(C(F)(F)F)cc3c2C=NC3)cc1. The Bertz CT molecular complexity index is 934. The Balaban J connectivity index is 1.96. The zero-order valence-corrected chi connectivity index (χ0v) is 14.1. The average Bonchev–Trinajstić information content (AvgIpc) is 2.99. The minimum atomic E-state index is -4.42. The van der Waals surface area contributed by atoms with Crippen LogP contribution in [0, 0.1) is 0 Å². The Labute approximate surface area is 143 Å². The van der Waals surface area contributed by atoms with E-state index in [9.17, 15) is 21.6 Å². The molecule has 2 aromatic rings. The number of sulfonamides is 1. The number of aliphatic imine (C=N–C) groups is 1. The van der Waals surface area contributed by atoms with Gasteiger partial charge in [0.15, 0.2) is 0 Å². The first-order valence-corrected chi connectivity index (χ1v) is 9.30. The van der Waals surface area contributed by atoms with Crippen molar-refractivity contribution in [2.45, 2.75) is 19.3 Å². The lowest BCUT2D eigenvalue weighted by molar-refractivity contribution is -0.137. The van der Waals surface area contributed by atoms with Crippen LogP contribution in [0.2, 0.25) is 0 Å². The molecule has 0 atom stereocenters. The van der Waals surface area contributed by atoms with Crippen molar-refractivity contribution in [3.63, 3.8) is 0 Å². The summed E-state index contributed by atoms with van der Waals surface area (Å²) >= 11 is 0. The fraction of sp³-hybridized carbons (Fsp3) is 0.235. The van der Waals surface area contributed by atoms with Gasteiger partial charge in [0, 0.05) is 18.3 Å². The van der Waals surface area contributed by atoms with Crippen molar-refractivity contribution in [2.75, 3.05) is 6.26 Å².